The standard InChI is InChI=1S/C55H45N3/c1-3-5-8-18-52(39-56-4-2)50-19-13-20-51(37-50)55-57-53(48-33-29-46(30-34-48)44-25-21-42(22-26-44)40-14-9-6-10-15-40)38-54(58-55)49-35-31-47(32-36-49)45-27-23-43(24-28-45)41-16-11-7-12-17-41/h4,6-39H,3,5H2,1-2H3. The summed E-state index contributed by atoms with van der Waals surface area (Å²) in [5, 5.41) is 0. The normalized spacial score (nSPS) is 11.7. The summed E-state index contributed by atoms with van der Waals surface area (Å²) in [7, 11) is 0. The summed E-state index contributed by atoms with van der Waals surface area (Å²) < 4.78 is 0. The quantitative estimate of drug-likeness (QED) is 0.0922. The molecule has 0 bridgehead atoms. The SMILES string of the molecule is CC=NC=C(C=CCCC)c1cccc(-c2nc(-c3ccc(-c4ccc(-c5ccccc5)cc4)cc3)cc(-c3ccc(-c4ccc(-c5ccccc5)cc4)cc3)n2)c1. The Morgan fingerprint density at radius 2 is 0.845 bits per heavy atom. The largest absolute Gasteiger partial charge is 0.269 e. The summed E-state index contributed by atoms with van der Waals surface area (Å²) >= 11 is 0. The molecule has 0 aliphatic carbocycles. The van der Waals surface area contributed by atoms with E-state index < -0.39 is 0 Å². The zero-order valence-corrected chi connectivity index (χ0v) is 33.0. The van der Waals surface area contributed by atoms with Crippen molar-refractivity contribution in [1.82, 2.24) is 9.97 Å². The maximum absolute atomic E-state index is 5.21. The van der Waals surface area contributed by atoms with Crippen LogP contribution in [0.1, 0.15) is 32.3 Å². The Hall–Kier alpha value is -7.23. The highest BCUT2D eigenvalue weighted by atomic mass is 14.9. The van der Waals surface area contributed by atoms with Gasteiger partial charge in [-0.1, -0.05) is 201 Å². The molecule has 1 heterocycles. The van der Waals surface area contributed by atoms with Crippen LogP contribution in [0.2, 0.25) is 0 Å². The second kappa shape index (κ2) is 18.1. The van der Waals surface area contributed by atoms with Gasteiger partial charge in [-0.2, -0.15) is 0 Å². The predicted octanol–water partition coefficient (Wildman–Crippen LogP) is 14.9. The van der Waals surface area contributed by atoms with Gasteiger partial charge in [0.1, 0.15) is 0 Å². The molecule has 0 radical (unpaired) electrons. The van der Waals surface area contributed by atoms with E-state index in [0.717, 1.165) is 63.2 Å². The zero-order valence-electron chi connectivity index (χ0n) is 33.0. The summed E-state index contributed by atoms with van der Waals surface area (Å²) in [6.07, 6.45) is 10.2. The van der Waals surface area contributed by atoms with Gasteiger partial charge in [0.25, 0.3) is 0 Å². The summed E-state index contributed by atoms with van der Waals surface area (Å²) in [6.45, 7) is 4.12. The molecule has 0 N–H and O–H groups in total. The van der Waals surface area contributed by atoms with Crippen LogP contribution in [0.5, 0.6) is 0 Å². The van der Waals surface area contributed by atoms with Gasteiger partial charge in [0.2, 0.25) is 0 Å². The smallest absolute Gasteiger partial charge is 0.160 e. The van der Waals surface area contributed by atoms with E-state index in [1.54, 1.807) is 0 Å². The van der Waals surface area contributed by atoms with Crippen molar-refractivity contribution < 1.29 is 0 Å². The molecule has 0 fully saturated rings. The molecule has 8 aromatic rings. The molecule has 0 aliphatic rings. The van der Waals surface area contributed by atoms with E-state index in [1.165, 1.54) is 33.4 Å². The van der Waals surface area contributed by atoms with Gasteiger partial charge in [0.05, 0.1) is 11.4 Å². The maximum Gasteiger partial charge on any atom is 0.160 e. The van der Waals surface area contributed by atoms with Crippen molar-refractivity contribution in [3.05, 3.63) is 212 Å². The molecule has 3 heteroatoms. The lowest BCUT2D eigenvalue weighted by Gasteiger charge is -2.12. The van der Waals surface area contributed by atoms with E-state index in [-0.39, 0.29) is 0 Å². The summed E-state index contributed by atoms with van der Waals surface area (Å²) in [6, 6.07) is 66.5. The van der Waals surface area contributed by atoms with Crippen LogP contribution in [0.15, 0.2) is 211 Å². The molecule has 0 atom stereocenters. The van der Waals surface area contributed by atoms with E-state index in [9.17, 15) is 0 Å². The average Bonchev–Trinajstić information content (AvgIpc) is 3.31. The highest BCUT2D eigenvalue weighted by Crippen LogP contribution is 2.33. The summed E-state index contributed by atoms with van der Waals surface area (Å²) in [5.41, 5.74) is 16.3. The molecule has 7 aromatic carbocycles. The van der Waals surface area contributed by atoms with Gasteiger partial charge in [-0.3, -0.25) is 4.99 Å². The van der Waals surface area contributed by atoms with Crippen LogP contribution >= 0.6 is 0 Å². The minimum atomic E-state index is 0.673. The van der Waals surface area contributed by atoms with Crippen molar-refractivity contribution in [2.24, 2.45) is 4.99 Å². The minimum Gasteiger partial charge on any atom is -0.269 e. The minimum absolute atomic E-state index is 0.673. The summed E-state index contributed by atoms with van der Waals surface area (Å²) in [5.74, 6) is 0.673. The lowest BCUT2D eigenvalue weighted by atomic mass is 9.98. The molecule has 0 saturated carbocycles. The van der Waals surface area contributed by atoms with Crippen LogP contribution in [-0.4, -0.2) is 16.2 Å². The van der Waals surface area contributed by atoms with Gasteiger partial charge >= 0.3 is 0 Å². The van der Waals surface area contributed by atoms with Crippen molar-refractivity contribution in [3.8, 4) is 78.4 Å². The third-order valence-electron chi connectivity index (χ3n) is 10.3. The van der Waals surface area contributed by atoms with Crippen LogP contribution in [-0.2, 0) is 0 Å². The van der Waals surface area contributed by atoms with E-state index in [2.05, 4.69) is 200 Å². The van der Waals surface area contributed by atoms with Gasteiger partial charge in [-0.25, -0.2) is 9.97 Å². The fraction of sp³-hybridized carbons (Fsp3) is 0.0727. The highest BCUT2D eigenvalue weighted by Gasteiger charge is 2.13. The number of allylic oxidation sites excluding steroid dienone is 3. The van der Waals surface area contributed by atoms with Crippen molar-refractivity contribution in [3.63, 3.8) is 0 Å². The molecular formula is C55H45N3. The molecule has 0 amide bonds. The number of hydrogen-bond acceptors (Lipinski definition) is 3. The van der Waals surface area contributed by atoms with Gasteiger partial charge in [-0.05, 0) is 81.1 Å². The lowest BCUT2D eigenvalue weighted by Crippen LogP contribution is -1.96. The van der Waals surface area contributed by atoms with E-state index in [4.69, 9.17) is 9.97 Å². The monoisotopic (exact) mass is 747 g/mol. The maximum atomic E-state index is 5.21. The number of aliphatic imine (C=N–C) groups is 1. The Bertz CT molecular complexity index is 2530. The molecule has 1 aromatic heterocycles. The van der Waals surface area contributed by atoms with E-state index in [1.807, 2.05) is 31.5 Å². The van der Waals surface area contributed by atoms with Gasteiger partial charge in [0.15, 0.2) is 5.82 Å². The fourth-order valence-corrected chi connectivity index (χ4v) is 7.09. The molecule has 3 nitrogen and oxygen atoms in total. The van der Waals surface area contributed by atoms with Crippen molar-refractivity contribution >= 4 is 11.8 Å². The van der Waals surface area contributed by atoms with Gasteiger partial charge in [-0.15, -0.1) is 0 Å². The van der Waals surface area contributed by atoms with Crippen molar-refractivity contribution in [2.45, 2.75) is 26.7 Å². The van der Waals surface area contributed by atoms with Crippen molar-refractivity contribution in [2.75, 3.05) is 0 Å². The molecule has 0 aliphatic heterocycles. The molecule has 0 spiro atoms. The highest BCUT2D eigenvalue weighted by molar-refractivity contribution is 5.80. The molecule has 58 heavy (non-hydrogen) atoms. The number of nitrogens with zero attached hydrogens (tertiary/aromatic N) is 3. The zero-order chi connectivity index (χ0) is 39.5. The third kappa shape index (κ3) is 8.91. The number of benzene rings is 7. The molecule has 0 unspecified atom stereocenters. The first kappa shape index (κ1) is 37.7. The molecular weight excluding hydrogens is 703 g/mol. The van der Waals surface area contributed by atoms with Gasteiger partial charge < -0.3 is 0 Å². The first-order valence-electron chi connectivity index (χ1n) is 20.0. The second-order valence-corrected chi connectivity index (χ2v) is 14.3. The average molecular weight is 748 g/mol. The molecule has 280 valence electrons. The van der Waals surface area contributed by atoms with Crippen molar-refractivity contribution in [1.29, 1.82) is 0 Å². The van der Waals surface area contributed by atoms with Gasteiger partial charge in [0, 0.05) is 29.1 Å². The fourth-order valence-electron chi connectivity index (χ4n) is 7.09. The van der Waals surface area contributed by atoms with Crippen LogP contribution in [0, 0.1) is 0 Å². The number of unbranched alkanes of at least 4 members (excludes halogenated alkanes) is 1. The Morgan fingerprint density at radius 1 is 0.448 bits per heavy atom. The predicted molar refractivity (Wildman–Crippen MR) is 246 cm³/mol. The van der Waals surface area contributed by atoms with Crippen LogP contribution in [0.25, 0.3) is 84.0 Å². The summed E-state index contributed by atoms with van der Waals surface area (Å²) in [4.78, 5) is 14.9. The molecule has 0 saturated heterocycles. The number of aromatic nitrogens is 2. The lowest BCUT2D eigenvalue weighted by molar-refractivity contribution is 0.959. The first-order chi connectivity index (χ1) is 28.6. The van der Waals surface area contributed by atoms with Crippen LogP contribution in [0.4, 0.5) is 0 Å². The van der Waals surface area contributed by atoms with E-state index in [0.29, 0.717) is 5.82 Å². The Balaban J connectivity index is 1.14. The van der Waals surface area contributed by atoms with Crippen LogP contribution in [0.3, 0.4) is 0 Å². The first-order valence-corrected chi connectivity index (χ1v) is 20.0. The number of hydrogen-bond donors (Lipinski definition) is 0. The second-order valence-electron chi connectivity index (χ2n) is 14.3. The third-order valence-corrected chi connectivity index (χ3v) is 10.3. The Labute approximate surface area is 342 Å². The van der Waals surface area contributed by atoms with Crippen LogP contribution < -0.4 is 0 Å². The Morgan fingerprint density at radius 3 is 1.26 bits per heavy atom. The van der Waals surface area contributed by atoms with E-state index >= 15 is 0 Å². The topological polar surface area (TPSA) is 38.1 Å². The molecule has 8 rings (SSSR count). The Kier molecular flexibility index (Phi) is 11.8. The number of rotatable bonds is 12.